The van der Waals surface area contributed by atoms with Crippen molar-refractivity contribution in [2.75, 3.05) is 77.9 Å². The van der Waals surface area contributed by atoms with Gasteiger partial charge < -0.3 is 40.3 Å². The molecular formula is C64H64F2N18O2. The van der Waals surface area contributed by atoms with E-state index in [2.05, 4.69) is 111 Å². The van der Waals surface area contributed by atoms with Crippen molar-refractivity contribution in [3.05, 3.63) is 181 Å². The Balaban J connectivity index is 0.000000160. The topological polar surface area (TPSA) is 227 Å². The number of benzene rings is 2. The zero-order valence-corrected chi connectivity index (χ0v) is 48.0. The number of pyridine rings is 4. The Kier molecular flexibility index (Phi) is 14.8. The predicted octanol–water partition coefficient (Wildman–Crippen LogP) is 9.18. The van der Waals surface area contributed by atoms with E-state index in [4.69, 9.17) is 31.6 Å². The molecule has 0 spiro atoms. The third-order valence-electron chi connectivity index (χ3n) is 16.5. The molecule has 0 saturated carbocycles. The van der Waals surface area contributed by atoms with Crippen LogP contribution in [0.15, 0.2) is 147 Å². The lowest BCUT2D eigenvalue weighted by Crippen LogP contribution is -2.43. The number of nitrogen functional groups attached to an aromatic ring is 2. The molecule has 10 aromatic heterocycles. The number of nitrogens with zero attached hydrogens (tertiary/aromatic N) is 16. The smallest absolute Gasteiger partial charge is 0.164 e. The molecule has 2 aliphatic heterocycles. The third kappa shape index (κ3) is 10.8. The normalized spacial score (nSPS) is 15.4. The number of likely N-dealkylation sites (N-methyl/N-ethyl adjacent to an activating group) is 2. The number of fused-ring (bicyclic) bond motifs is 4. The summed E-state index contributed by atoms with van der Waals surface area (Å²) < 4.78 is 36.4. The molecule has 436 valence electrons. The molecule has 0 radical (unpaired) electrons. The van der Waals surface area contributed by atoms with Gasteiger partial charge in [0.15, 0.2) is 11.3 Å². The molecule has 86 heavy (non-hydrogen) atoms. The Morgan fingerprint density at radius 2 is 0.919 bits per heavy atom. The van der Waals surface area contributed by atoms with E-state index in [-0.39, 0.29) is 35.2 Å². The quantitative estimate of drug-likeness (QED) is 0.0894. The van der Waals surface area contributed by atoms with Crippen LogP contribution in [0.5, 0.6) is 11.5 Å². The Labute approximate surface area is 493 Å². The maximum absolute atomic E-state index is 14.3. The first kappa shape index (κ1) is 55.4. The minimum atomic E-state index is -0.579. The second kappa shape index (κ2) is 23.0. The van der Waals surface area contributed by atoms with Crippen LogP contribution in [0.3, 0.4) is 0 Å². The molecule has 12 aromatic rings. The third-order valence-corrected chi connectivity index (χ3v) is 16.5. The molecule has 20 nitrogen and oxygen atoms in total. The van der Waals surface area contributed by atoms with Crippen LogP contribution >= 0.6 is 0 Å². The Morgan fingerprint density at radius 1 is 0.500 bits per heavy atom. The average molecular weight is 1160 g/mol. The summed E-state index contributed by atoms with van der Waals surface area (Å²) in [5, 5.41) is 31.0. The Bertz CT molecular complexity index is 4120. The van der Waals surface area contributed by atoms with Crippen molar-refractivity contribution in [3.63, 3.8) is 0 Å². The van der Waals surface area contributed by atoms with E-state index in [0.29, 0.717) is 44.6 Å². The second-order valence-corrected chi connectivity index (χ2v) is 22.4. The summed E-state index contributed by atoms with van der Waals surface area (Å²) in [5.41, 5.74) is 25.2. The minimum absolute atomic E-state index is 0.204. The minimum Gasteiger partial charge on any atom is -0.508 e. The number of halogens is 2. The van der Waals surface area contributed by atoms with Gasteiger partial charge >= 0.3 is 0 Å². The van der Waals surface area contributed by atoms with Gasteiger partial charge in [-0.3, -0.25) is 19.8 Å². The highest BCUT2D eigenvalue weighted by molar-refractivity contribution is 5.99. The molecule has 2 fully saturated rings. The Hall–Kier alpha value is -9.74. The van der Waals surface area contributed by atoms with Gasteiger partial charge in [-0.1, -0.05) is 24.3 Å². The molecule has 0 bridgehead atoms. The van der Waals surface area contributed by atoms with E-state index < -0.39 is 11.6 Å². The van der Waals surface area contributed by atoms with Gasteiger partial charge in [0.2, 0.25) is 0 Å². The summed E-state index contributed by atoms with van der Waals surface area (Å²) in [4.78, 5) is 36.9. The van der Waals surface area contributed by atoms with Crippen LogP contribution in [0.25, 0.3) is 78.4 Å². The zero-order chi connectivity index (χ0) is 59.3. The number of rotatable bonds is 12. The number of phenols is 2. The molecule has 0 amide bonds. The fourth-order valence-corrected chi connectivity index (χ4v) is 11.9. The molecule has 12 heterocycles. The molecule has 2 saturated heterocycles. The number of piperazine rings is 2. The highest BCUT2D eigenvalue weighted by atomic mass is 19.1. The number of nitrogens with two attached hydrogens (primary N) is 2. The predicted molar refractivity (Wildman–Crippen MR) is 328 cm³/mol. The zero-order valence-electron chi connectivity index (χ0n) is 48.0. The summed E-state index contributed by atoms with van der Waals surface area (Å²) in [6.07, 6.45) is 10.8. The van der Waals surface area contributed by atoms with E-state index in [1.807, 2.05) is 62.9 Å². The van der Waals surface area contributed by atoms with Crippen LogP contribution in [-0.4, -0.2) is 155 Å². The van der Waals surface area contributed by atoms with Gasteiger partial charge in [0.25, 0.3) is 0 Å². The molecule has 22 heteroatoms. The maximum Gasteiger partial charge on any atom is 0.164 e. The summed E-state index contributed by atoms with van der Waals surface area (Å²) in [6.45, 7) is 14.3. The fourth-order valence-electron chi connectivity index (χ4n) is 11.9. The maximum atomic E-state index is 14.3. The molecule has 0 unspecified atom stereocenters. The van der Waals surface area contributed by atoms with E-state index >= 15 is 0 Å². The van der Waals surface area contributed by atoms with Crippen molar-refractivity contribution in [1.82, 2.24) is 77.9 Å². The van der Waals surface area contributed by atoms with Gasteiger partial charge in [-0.05, 0) is 112 Å². The number of phenolic OH excluding ortho intramolecular Hbond substituents is 2. The van der Waals surface area contributed by atoms with Gasteiger partial charge in [-0.25, -0.2) is 38.1 Å². The molecule has 6 N–H and O–H groups in total. The van der Waals surface area contributed by atoms with Crippen molar-refractivity contribution < 1.29 is 19.0 Å². The lowest BCUT2D eigenvalue weighted by Gasteiger charge is -2.32. The molecule has 14 rings (SSSR count). The molecular weight excluding hydrogens is 1090 g/mol. The van der Waals surface area contributed by atoms with Gasteiger partial charge in [-0.15, -0.1) is 0 Å². The highest BCUT2D eigenvalue weighted by Gasteiger charge is 2.29. The molecule has 2 aromatic carbocycles. The standard InChI is InChI=1S/2C32H32FN9O/c2*1-20(42-32-28(31(34)36-19-37-32)29(38-42)22-13-23(33)15-25(43)14-22)26-16-24-5-3-4-8-41(24)30(26)27-7-6-21(17-35-27)18-40-11-9-39(2)10-12-40/h2*3-8,13-17,19-20,43H,9-12,18H2,1-2H3,(H2,34,36,37)/t2*20-/m10/s1. The Morgan fingerprint density at radius 3 is 1.30 bits per heavy atom. The first-order valence-electron chi connectivity index (χ1n) is 28.6. The fraction of sp³-hybridized carbons (Fsp3) is 0.250. The van der Waals surface area contributed by atoms with Gasteiger partial charge in [-0.2, -0.15) is 10.2 Å². The summed E-state index contributed by atoms with van der Waals surface area (Å²) >= 11 is 0. The SMILES string of the molecule is C[C@@H](c1cc2ccccn2c1-c1ccc(CN2CCN(C)CC2)cn1)n1nc(-c2cc(O)cc(F)c2)c2c(N)ncnc21.C[C@H](c1cc2ccccn2c1-c1ccc(CN2CCN(C)CC2)cn1)n1nc(-c2cc(O)cc(F)c2)c2c(N)ncnc21. The molecule has 0 aliphatic carbocycles. The monoisotopic (exact) mass is 1150 g/mol. The number of hydrogen-bond acceptors (Lipinski definition) is 16. The van der Waals surface area contributed by atoms with Crippen molar-refractivity contribution in [2.45, 2.75) is 39.0 Å². The number of aromatic hydroxyl groups is 2. The van der Waals surface area contributed by atoms with Crippen molar-refractivity contribution in [1.29, 1.82) is 0 Å². The van der Waals surface area contributed by atoms with Gasteiger partial charge in [0.05, 0.1) is 45.6 Å². The average Bonchev–Trinajstić information content (AvgIpc) is 1.78. The van der Waals surface area contributed by atoms with E-state index in [1.54, 1.807) is 9.36 Å². The van der Waals surface area contributed by atoms with Crippen LogP contribution in [0.2, 0.25) is 0 Å². The summed E-state index contributed by atoms with van der Waals surface area (Å²) in [5.74, 6) is -1.12. The largest absolute Gasteiger partial charge is 0.508 e. The highest BCUT2D eigenvalue weighted by Crippen LogP contribution is 2.40. The van der Waals surface area contributed by atoms with Crippen LogP contribution in [0.4, 0.5) is 20.4 Å². The summed E-state index contributed by atoms with van der Waals surface area (Å²) in [6, 6.07) is 31.9. The molecule has 2 aliphatic rings. The second-order valence-electron chi connectivity index (χ2n) is 22.4. The van der Waals surface area contributed by atoms with Crippen molar-refractivity contribution in [3.8, 4) is 56.8 Å². The lowest BCUT2D eigenvalue weighted by molar-refractivity contribution is 0.148. The van der Waals surface area contributed by atoms with Crippen LogP contribution in [-0.2, 0) is 13.1 Å². The van der Waals surface area contributed by atoms with Crippen LogP contribution in [0.1, 0.15) is 48.2 Å². The van der Waals surface area contributed by atoms with E-state index in [9.17, 15) is 19.0 Å². The first-order chi connectivity index (χ1) is 41.7. The van der Waals surface area contributed by atoms with E-state index in [0.717, 1.165) is 123 Å². The number of anilines is 2. The molecule has 2 atom stereocenters. The number of aromatic nitrogens is 12. The summed E-state index contributed by atoms with van der Waals surface area (Å²) in [7, 11) is 4.32. The van der Waals surface area contributed by atoms with Crippen molar-refractivity contribution >= 4 is 44.7 Å². The van der Waals surface area contributed by atoms with Gasteiger partial charge in [0, 0.05) is 136 Å². The van der Waals surface area contributed by atoms with Gasteiger partial charge in [0.1, 0.15) is 58.8 Å². The van der Waals surface area contributed by atoms with Crippen LogP contribution < -0.4 is 11.5 Å². The lowest BCUT2D eigenvalue weighted by atomic mass is 10.1. The first-order valence-corrected chi connectivity index (χ1v) is 28.6. The van der Waals surface area contributed by atoms with E-state index in [1.165, 1.54) is 48.0 Å². The van der Waals surface area contributed by atoms with Crippen molar-refractivity contribution in [2.24, 2.45) is 0 Å². The number of hydrogen-bond donors (Lipinski definition) is 4. The van der Waals surface area contributed by atoms with Crippen LogP contribution in [0, 0.1) is 11.6 Å².